The van der Waals surface area contributed by atoms with Crippen molar-refractivity contribution in [2.24, 2.45) is 0 Å². The summed E-state index contributed by atoms with van der Waals surface area (Å²) in [5.74, 6) is 1.53. The first-order valence-corrected chi connectivity index (χ1v) is 10.3. The standard InChI is InChI=1S/C24H25N3O4/c1-16(28)17-10-11-21(22(13-17)30-2)31-15-24(29)26-19-8-4-3-7-18(19)20-14-27-12-6-5-9-23(27)25-20/h3-4,7-8,10-11,13-14H,5-6,9,12,15H2,1-2H3,(H,26,29). The molecule has 7 nitrogen and oxygen atoms in total. The van der Waals surface area contributed by atoms with Gasteiger partial charge in [0.1, 0.15) is 5.82 Å². The van der Waals surface area contributed by atoms with Gasteiger partial charge in [-0.05, 0) is 44.0 Å². The Bertz CT molecular complexity index is 1100. The number of carbonyl (C=O) groups excluding carboxylic acids is 2. The highest BCUT2D eigenvalue weighted by Crippen LogP contribution is 2.30. The Balaban J connectivity index is 1.46. The molecule has 0 spiro atoms. The van der Waals surface area contributed by atoms with Crippen LogP contribution in [0.5, 0.6) is 11.5 Å². The predicted molar refractivity (Wildman–Crippen MR) is 118 cm³/mol. The Morgan fingerprint density at radius 2 is 1.97 bits per heavy atom. The number of carbonyl (C=O) groups is 2. The molecule has 2 heterocycles. The summed E-state index contributed by atoms with van der Waals surface area (Å²) in [4.78, 5) is 28.9. The van der Waals surface area contributed by atoms with E-state index in [1.807, 2.05) is 24.3 Å². The first-order chi connectivity index (χ1) is 15.0. The Morgan fingerprint density at radius 3 is 2.74 bits per heavy atom. The third-order valence-corrected chi connectivity index (χ3v) is 5.31. The molecule has 2 aromatic carbocycles. The van der Waals surface area contributed by atoms with Crippen molar-refractivity contribution in [3.63, 3.8) is 0 Å². The summed E-state index contributed by atoms with van der Waals surface area (Å²) in [5, 5.41) is 2.92. The number of nitrogens with zero attached hydrogens (tertiary/aromatic N) is 2. The third kappa shape index (κ3) is 4.60. The van der Waals surface area contributed by atoms with E-state index in [2.05, 4.69) is 16.1 Å². The highest BCUT2D eigenvalue weighted by molar-refractivity contribution is 5.96. The van der Waals surface area contributed by atoms with Crippen molar-refractivity contribution in [1.29, 1.82) is 0 Å². The van der Waals surface area contributed by atoms with E-state index >= 15 is 0 Å². The van der Waals surface area contributed by atoms with Crippen molar-refractivity contribution in [3.8, 4) is 22.8 Å². The lowest BCUT2D eigenvalue weighted by Crippen LogP contribution is -2.20. The first-order valence-electron chi connectivity index (χ1n) is 10.3. The molecule has 1 aromatic heterocycles. The smallest absolute Gasteiger partial charge is 0.262 e. The van der Waals surface area contributed by atoms with Crippen LogP contribution in [0, 0.1) is 0 Å². The van der Waals surface area contributed by atoms with Gasteiger partial charge in [-0.1, -0.05) is 18.2 Å². The number of Topliss-reactive ketones (excluding diaryl/α,β-unsaturated/α-hetero) is 1. The maximum absolute atomic E-state index is 12.6. The molecule has 1 aliphatic rings. The van der Waals surface area contributed by atoms with Gasteiger partial charge in [0.15, 0.2) is 23.9 Å². The Labute approximate surface area is 181 Å². The molecule has 0 atom stereocenters. The van der Waals surface area contributed by atoms with Gasteiger partial charge in [-0.15, -0.1) is 0 Å². The van der Waals surface area contributed by atoms with E-state index in [0.717, 1.165) is 42.9 Å². The number of methoxy groups -OCH3 is 1. The van der Waals surface area contributed by atoms with E-state index in [-0.39, 0.29) is 18.3 Å². The number of nitrogens with one attached hydrogen (secondary N) is 1. The molecule has 1 aliphatic heterocycles. The van der Waals surface area contributed by atoms with Gasteiger partial charge in [-0.2, -0.15) is 0 Å². The van der Waals surface area contributed by atoms with Gasteiger partial charge >= 0.3 is 0 Å². The molecule has 0 unspecified atom stereocenters. The lowest BCUT2D eigenvalue weighted by molar-refractivity contribution is -0.118. The predicted octanol–water partition coefficient (Wildman–Crippen LogP) is 4.12. The number of benzene rings is 2. The molecule has 3 aromatic rings. The molecule has 0 fully saturated rings. The largest absolute Gasteiger partial charge is 0.493 e. The lowest BCUT2D eigenvalue weighted by atomic mass is 10.1. The highest BCUT2D eigenvalue weighted by Gasteiger charge is 2.17. The van der Waals surface area contributed by atoms with E-state index in [4.69, 9.17) is 14.5 Å². The van der Waals surface area contributed by atoms with E-state index in [1.54, 1.807) is 18.2 Å². The zero-order chi connectivity index (χ0) is 21.8. The summed E-state index contributed by atoms with van der Waals surface area (Å²) in [7, 11) is 1.49. The Morgan fingerprint density at radius 1 is 1.13 bits per heavy atom. The van der Waals surface area contributed by atoms with Crippen molar-refractivity contribution in [1.82, 2.24) is 9.55 Å². The molecule has 0 bridgehead atoms. The van der Waals surface area contributed by atoms with Crippen molar-refractivity contribution in [2.75, 3.05) is 19.0 Å². The number of imidazole rings is 1. The van der Waals surface area contributed by atoms with E-state index in [9.17, 15) is 9.59 Å². The van der Waals surface area contributed by atoms with Crippen LogP contribution in [0.4, 0.5) is 5.69 Å². The van der Waals surface area contributed by atoms with Gasteiger partial charge in [0.25, 0.3) is 5.91 Å². The van der Waals surface area contributed by atoms with Crippen LogP contribution >= 0.6 is 0 Å². The minimum Gasteiger partial charge on any atom is -0.493 e. The molecule has 0 saturated carbocycles. The summed E-state index contributed by atoms with van der Waals surface area (Å²) < 4.78 is 13.1. The van der Waals surface area contributed by atoms with Crippen LogP contribution in [-0.2, 0) is 17.8 Å². The van der Waals surface area contributed by atoms with Crippen LogP contribution in [-0.4, -0.2) is 35.0 Å². The Hall–Kier alpha value is -3.61. The van der Waals surface area contributed by atoms with Gasteiger partial charge < -0.3 is 19.4 Å². The summed E-state index contributed by atoms with van der Waals surface area (Å²) >= 11 is 0. The summed E-state index contributed by atoms with van der Waals surface area (Å²) in [6.07, 6.45) is 5.35. The fraction of sp³-hybridized carbons (Fsp3) is 0.292. The number of hydrogen-bond donors (Lipinski definition) is 1. The second kappa shape index (κ2) is 9.04. The quantitative estimate of drug-likeness (QED) is 0.583. The maximum atomic E-state index is 12.6. The molecule has 7 heteroatoms. The van der Waals surface area contributed by atoms with Gasteiger partial charge in [0.2, 0.25) is 0 Å². The van der Waals surface area contributed by atoms with Crippen LogP contribution in [0.15, 0.2) is 48.7 Å². The van der Waals surface area contributed by atoms with Crippen LogP contribution in [0.2, 0.25) is 0 Å². The average Bonchev–Trinajstić information content (AvgIpc) is 3.22. The number of fused-ring (bicyclic) bond motifs is 1. The second-order valence-corrected chi connectivity index (χ2v) is 7.50. The maximum Gasteiger partial charge on any atom is 0.262 e. The van der Waals surface area contributed by atoms with Crippen LogP contribution in [0.3, 0.4) is 0 Å². The van der Waals surface area contributed by atoms with Crippen LogP contribution < -0.4 is 14.8 Å². The summed E-state index contributed by atoms with van der Waals surface area (Å²) in [6.45, 7) is 2.27. The molecule has 160 valence electrons. The number of anilines is 1. The summed E-state index contributed by atoms with van der Waals surface area (Å²) in [6, 6.07) is 12.5. The van der Waals surface area contributed by atoms with Gasteiger partial charge in [-0.3, -0.25) is 9.59 Å². The molecular weight excluding hydrogens is 394 g/mol. The van der Waals surface area contributed by atoms with Gasteiger partial charge in [0.05, 0.1) is 18.5 Å². The zero-order valence-electron chi connectivity index (χ0n) is 17.7. The molecule has 1 amide bonds. The molecule has 4 rings (SSSR count). The third-order valence-electron chi connectivity index (χ3n) is 5.31. The minimum absolute atomic E-state index is 0.0693. The number of para-hydroxylation sites is 1. The summed E-state index contributed by atoms with van der Waals surface area (Å²) in [5.41, 5.74) is 2.94. The molecule has 0 saturated heterocycles. The monoisotopic (exact) mass is 419 g/mol. The number of aromatic nitrogens is 2. The first kappa shape index (κ1) is 20.7. The normalized spacial score (nSPS) is 12.7. The van der Waals surface area contributed by atoms with Crippen molar-refractivity contribution >= 4 is 17.4 Å². The fourth-order valence-corrected chi connectivity index (χ4v) is 3.69. The number of aryl methyl sites for hydroxylation is 2. The second-order valence-electron chi connectivity index (χ2n) is 7.50. The van der Waals surface area contributed by atoms with E-state index < -0.39 is 0 Å². The molecule has 1 N–H and O–H groups in total. The average molecular weight is 419 g/mol. The fourth-order valence-electron chi connectivity index (χ4n) is 3.69. The van der Waals surface area contributed by atoms with Crippen molar-refractivity contribution in [2.45, 2.75) is 32.7 Å². The van der Waals surface area contributed by atoms with E-state index in [0.29, 0.717) is 22.7 Å². The number of rotatable bonds is 7. The molecule has 0 aliphatic carbocycles. The Kier molecular flexibility index (Phi) is 6.02. The van der Waals surface area contributed by atoms with Crippen molar-refractivity contribution < 1.29 is 19.1 Å². The minimum atomic E-state index is -0.297. The molecule has 31 heavy (non-hydrogen) atoms. The topological polar surface area (TPSA) is 82.5 Å². The number of ether oxygens (including phenoxy) is 2. The number of hydrogen-bond acceptors (Lipinski definition) is 5. The van der Waals surface area contributed by atoms with Crippen LogP contribution in [0.1, 0.15) is 35.9 Å². The van der Waals surface area contributed by atoms with Crippen molar-refractivity contribution in [3.05, 3.63) is 60.0 Å². The van der Waals surface area contributed by atoms with E-state index in [1.165, 1.54) is 14.0 Å². The highest BCUT2D eigenvalue weighted by atomic mass is 16.5. The number of amides is 1. The van der Waals surface area contributed by atoms with Crippen LogP contribution in [0.25, 0.3) is 11.3 Å². The van der Waals surface area contributed by atoms with Gasteiger partial charge in [0, 0.05) is 30.3 Å². The molecular formula is C24H25N3O4. The lowest BCUT2D eigenvalue weighted by Gasteiger charge is -2.13. The molecule has 0 radical (unpaired) electrons. The number of ketones is 1. The zero-order valence-corrected chi connectivity index (χ0v) is 17.7. The van der Waals surface area contributed by atoms with Gasteiger partial charge in [-0.25, -0.2) is 4.98 Å². The SMILES string of the molecule is COc1cc(C(C)=O)ccc1OCC(=O)Nc1ccccc1-c1cn2c(n1)CCCC2.